The molecule has 0 aliphatic carbocycles. The predicted octanol–water partition coefficient (Wildman–Crippen LogP) is 1.88. The average molecular weight is 290 g/mol. The first kappa shape index (κ1) is 15.4. The minimum atomic E-state index is -0.513. The van der Waals surface area contributed by atoms with Gasteiger partial charge in [-0.15, -0.1) is 0 Å². The third kappa shape index (κ3) is 3.01. The molecule has 5 nitrogen and oxygen atoms in total. The summed E-state index contributed by atoms with van der Waals surface area (Å²) in [6, 6.07) is 4.98. The highest BCUT2D eigenvalue weighted by Crippen LogP contribution is 2.29. The Balaban J connectivity index is 2.36. The van der Waals surface area contributed by atoms with Crippen LogP contribution in [0, 0.1) is 12.3 Å². The van der Waals surface area contributed by atoms with Crippen LogP contribution in [0.3, 0.4) is 0 Å². The van der Waals surface area contributed by atoms with E-state index >= 15 is 0 Å². The number of benzene rings is 1. The molecule has 5 heteroatoms. The Kier molecular flexibility index (Phi) is 3.94. The Labute approximate surface area is 125 Å². The van der Waals surface area contributed by atoms with Crippen LogP contribution in [0.1, 0.15) is 26.3 Å². The summed E-state index contributed by atoms with van der Waals surface area (Å²) >= 11 is 0. The molecule has 1 heterocycles. The molecule has 0 aromatic heterocycles. The Morgan fingerprint density at radius 2 is 1.95 bits per heavy atom. The maximum atomic E-state index is 12.7. The van der Waals surface area contributed by atoms with E-state index in [1.54, 1.807) is 12.0 Å². The zero-order valence-electron chi connectivity index (χ0n) is 13.2. The lowest BCUT2D eigenvalue weighted by Gasteiger charge is -2.39. The summed E-state index contributed by atoms with van der Waals surface area (Å²) in [6.07, 6.45) is 0. The van der Waals surface area contributed by atoms with Crippen LogP contribution in [0.2, 0.25) is 0 Å². The van der Waals surface area contributed by atoms with Crippen LogP contribution >= 0.6 is 0 Å². The van der Waals surface area contributed by atoms with Crippen molar-refractivity contribution in [2.75, 3.05) is 18.6 Å². The predicted molar refractivity (Wildman–Crippen MR) is 81.5 cm³/mol. The van der Waals surface area contributed by atoms with Crippen molar-refractivity contribution in [2.24, 2.45) is 5.41 Å². The van der Waals surface area contributed by atoms with E-state index in [1.165, 1.54) is 0 Å². The molecule has 1 aliphatic heterocycles. The molecule has 0 radical (unpaired) electrons. The summed E-state index contributed by atoms with van der Waals surface area (Å²) in [7, 11) is 1.61. The van der Waals surface area contributed by atoms with Gasteiger partial charge in [-0.1, -0.05) is 20.8 Å². The van der Waals surface area contributed by atoms with Gasteiger partial charge in [0.15, 0.2) is 0 Å². The number of ether oxygens (including phenoxy) is 1. The van der Waals surface area contributed by atoms with Gasteiger partial charge >= 0.3 is 0 Å². The lowest BCUT2D eigenvalue weighted by atomic mass is 9.84. The molecular weight excluding hydrogens is 268 g/mol. The Bertz CT molecular complexity index is 575. The number of methoxy groups -OCH3 is 1. The molecule has 21 heavy (non-hydrogen) atoms. The number of aryl methyl sites for hydroxylation is 1. The van der Waals surface area contributed by atoms with Gasteiger partial charge in [0.05, 0.1) is 7.11 Å². The molecule has 1 aromatic carbocycles. The SMILES string of the molecule is COc1ccc(N2CC(=O)NC(C(C)(C)C)C2=O)cc1C. The zero-order valence-corrected chi connectivity index (χ0v) is 13.2. The van der Waals surface area contributed by atoms with E-state index in [0.29, 0.717) is 0 Å². The zero-order chi connectivity index (χ0) is 15.8. The van der Waals surface area contributed by atoms with E-state index in [1.807, 2.05) is 45.9 Å². The topological polar surface area (TPSA) is 58.6 Å². The van der Waals surface area contributed by atoms with Crippen LogP contribution < -0.4 is 15.0 Å². The van der Waals surface area contributed by atoms with E-state index in [2.05, 4.69) is 5.32 Å². The highest BCUT2D eigenvalue weighted by molar-refractivity contribution is 6.07. The maximum absolute atomic E-state index is 12.7. The van der Waals surface area contributed by atoms with Crippen molar-refractivity contribution in [3.8, 4) is 5.75 Å². The number of nitrogens with one attached hydrogen (secondary N) is 1. The summed E-state index contributed by atoms with van der Waals surface area (Å²) in [4.78, 5) is 26.1. The van der Waals surface area contributed by atoms with Gasteiger partial charge in [-0.3, -0.25) is 9.59 Å². The monoisotopic (exact) mass is 290 g/mol. The molecule has 114 valence electrons. The molecule has 1 aromatic rings. The molecule has 1 fully saturated rings. The van der Waals surface area contributed by atoms with Crippen LogP contribution in [0.25, 0.3) is 0 Å². The second-order valence-corrected chi connectivity index (χ2v) is 6.44. The van der Waals surface area contributed by atoms with Gasteiger partial charge < -0.3 is 15.0 Å². The van der Waals surface area contributed by atoms with Gasteiger partial charge in [0.2, 0.25) is 5.91 Å². The third-order valence-electron chi connectivity index (χ3n) is 3.68. The highest BCUT2D eigenvalue weighted by Gasteiger charge is 2.40. The van der Waals surface area contributed by atoms with Crippen molar-refractivity contribution in [1.29, 1.82) is 0 Å². The summed E-state index contributed by atoms with van der Waals surface area (Å²) < 4.78 is 5.23. The van der Waals surface area contributed by atoms with Gasteiger partial charge in [-0.2, -0.15) is 0 Å². The van der Waals surface area contributed by atoms with Gasteiger partial charge in [0, 0.05) is 5.69 Å². The van der Waals surface area contributed by atoms with Crippen molar-refractivity contribution in [3.63, 3.8) is 0 Å². The molecule has 2 amide bonds. The van der Waals surface area contributed by atoms with E-state index < -0.39 is 6.04 Å². The first-order valence-electron chi connectivity index (χ1n) is 6.99. The number of anilines is 1. The maximum Gasteiger partial charge on any atom is 0.250 e. The summed E-state index contributed by atoms with van der Waals surface area (Å²) in [5.74, 6) is 0.551. The van der Waals surface area contributed by atoms with Crippen LogP contribution in [0.4, 0.5) is 5.69 Å². The molecule has 1 atom stereocenters. The van der Waals surface area contributed by atoms with E-state index in [9.17, 15) is 9.59 Å². The minimum Gasteiger partial charge on any atom is -0.496 e. The van der Waals surface area contributed by atoms with Crippen molar-refractivity contribution in [1.82, 2.24) is 5.32 Å². The van der Waals surface area contributed by atoms with Crippen LogP contribution in [-0.2, 0) is 9.59 Å². The molecular formula is C16H22N2O3. The molecule has 2 rings (SSSR count). The number of carbonyl (C=O) groups is 2. The number of carbonyl (C=O) groups excluding carboxylic acids is 2. The standard InChI is InChI=1S/C16H22N2O3/c1-10-8-11(6-7-12(10)21-5)18-9-13(19)17-14(15(18)20)16(2,3)4/h6-8,14H,9H2,1-5H3,(H,17,19). The van der Waals surface area contributed by atoms with Gasteiger partial charge in [0.25, 0.3) is 5.91 Å². The summed E-state index contributed by atoms with van der Waals surface area (Å²) in [6.45, 7) is 7.80. The number of piperazine rings is 1. The molecule has 1 aliphatic rings. The van der Waals surface area contributed by atoms with Crippen LogP contribution in [-0.4, -0.2) is 31.5 Å². The fourth-order valence-electron chi connectivity index (χ4n) is 2.48. The number of rotatable bonds is 2. The first-order valence-corrected chi connectivity index (χ1v) is 6.99. The average Bonchev–Trinajstić information content (AvgIpc) is 2.39. The van der Waals surface area contributed by atoms with Crippen LogP contribution in [0.5, 0.6) is 5.75 Å². The third-order valence-corrected chi connectivity index (χ3v) is 3.68. The number of hydrogen-bond donors (Lipinski definition) is 1. The summed E-state index contributed by atoms with van der Waals surface area (Å²) in [5, 5.41) is 2.79. The molecule has 0 saturated carbocycles. The van der Waals surface area contributed by atoms with Crippen molar-refractivity contribution in [2.45, 2.75) is 33.7 Å². The van der Waals surface area contributed by atoms with Crippen molar-refractivity contribution < 1.29 is 14.3 Å². The van der Waals surface area contributed by atoms with Gasteiger partial charge in [-0.05, 0) is 36.1 Å². The molecule has 1 N–H and O–H groups in total. The lowest BCUT2D eigenvalue weighted by Crippen LogP contribution is -2.62. The smallest absolute Gasteiger partial charge is 0.250 e. The second kappa shape index (κ2) is 5.39. The van der Waals surface area contributed by atoms with Gasteiger partial charge in [0.1, 0.15) is 18.3 Å². The lowest BCUT2D eigenvalue weighted by molar-refractivity contribution is -0.133. The fraction of sp³-hybridized carbons (Fsp3) is 0.500. The van der Waals surface area contributed by atoms with Gasteiger partial charge in [-0.25, -0.2) is 0 Å². The fourth-order valence-corrected chi connectivity index (χ4v) is 2.48. The molecule has 0 spiro atoms. The van der Waals surface area contributed by atoms with Crippen molar-refractivity contribution >= 4 is 17.5 Å². The Hall–Kier alpha value is -2.04. The van der Waals surface area contributed by atoms with E-state index in [0.717, 1.165) is 17.0 Å². The van der Waals surface area contributed by atoms with E-state index in [-0.39, 0.29) is 23.8 Å². The van der Waals surface area contributed by atoms with Crippen molar-refractivity contribution in [3.05, 3.63) is 23.8 Å². The molecule has 1 unspecified atom stereocenters. The first-order chi connectivity index (χ1) is 9.74. The number of amides is 2. The molecule has 0 bridgehead atoms. The molecule has 1 saturated heterocycles. The quantitative estimate of drug-likeness (QED) is 0.904. The second-order valence-electron chi connectivity index (χ2n) is 6.44. The minimum absolute atomic E-state index is 0.0528. The Morgan fingerprint density at radius 1 is 1.29 bits per heavy atom. The highest BCUT2D eigenvalue weighted by atomic mass is 16.5. The van der Waals surface area contributed by atoms with Crippen LogP contribution in [0.15, 0.2) is 18.2 Å². The normalized spacial score (nSPS) is 19.5. The van der Waals surface area contributed by atoms with E-state index in [4.69, 9.17) is 4.74 Å². The number of nitrogens with zero attached hydrogens (tertiary/aromatic N) is 1. The Morgan fingerprint density at radius 3 is 2.48 bits per heavy atom. The number of hydrogen-bond acceptors (Lipinski definition) is 3. The summed E-state index contributed by atoms with van der Waals surface area (Å²) in [5.41, 5.74) is 1.33. The largest absolute Gasteiger partial charge is 0.496 e.